The summed E-state index contributed by atoms with van der Waals surface area (Å²) in [5, 5.41) is 12.1. The molecule has 6 nitrogen and oxygen atoms in total. The Kier molecular flexibility index (Phi) is 5.31. The Balaban J connectivity index is 1.43. The molecule has 3 aromatic rings. The van der Waals surface area contributed by atoms with Crippen LogP contribution in [0.3, 0.4) is 0 Å². The summed E-state index contributed by atoms with van der Waals surface area (Å²) in [6.07, 6.45) is -0.600. The second-order valence-electron chi connectivity index (χ2n) is 8.70. The number of carbonyl (C=O) groups is 2. The number of fused-ring (bicyclic) bond motifs is 3. The highest BCUT2D eigenvalue weighted by Crippen LogP contribution is 2.44. The standard InChI is InChI=1S/C25H25NO5/c1-25(2,3)21-12-15(22(31-21)23(27)28)13-26-24(29)30-14-20-18-10-6-4-8-16(18)17-9-5-7-11-19(17)20/h4-12,20H,13-14H2,1-3H3,(H,26,29)(H,27,28). The minimum absolute atomic E-state index is 0.0118. The molecule has 0 atom stereocenters. The maximum absolute atomic E-state index is 12.4. The van der Waals surface area contributed by atoms with Crippen LogP contribution in [0.2, 0.25) is 0 Å². The van der Waals surface area contributed by atoms with Crippen molar-refractivity contribution in [1.29, 1.82) is 0 Å². The Morgan fingerprint density at radius 2 is 1.61 bits per heavy atom. The van der Waals surface area contributed by atoms with Gasteiger partial charge in [0.05, 0.1) is 6.54 Å². The molecule has 1 heterocycles. The summed E-state index contributed by atoms with van der Waals surface area (Å²) < 4.78 is 11.0. The van der Waals surface area contributed by atoms with Gasteiger partial charge in [0.25, 0.3) is 0 Å². The fourth-order valence-electron chi connectivity index (χ4n) is 3.93. The van der Waals surface area contributed by atoms with Gasteiger partial charge >= 0.3 is 12.1 Å². The molecule has 6 heteroatoms. The van der Waals surface area contributed by atoms with E-state index in [2.05, 4.69) is 29.6 Å². The lowest BCUT2D eigenvalue weighted by Crippen LogP contribution is -2.26. The summed E-state index contributed by atoms with van der Waals surface area (Å²) in [6.45, 7) is 6.00. The predicted octanol–water partition coefficient (Wildman–Crippen LogP) is 5.31. The second kappa shape index (κ2) is 7.95. The molecule has 0 unspecified atom stereocenters. The molecule has 0 aliphatic heterocycles. The number of amides is 1. The number of benzene rings is 2. The average molecular weight is 419 g/mol. The lowest BCUT2D eigenvalue weighted by atomic mass is 9.93. The number of alkyl carbamates (subject to hydrolysis) is 1. The molecule has 2 aromatic carbocycles. The number of carboxylic acid groups (broad SMARTS) is 1. The molecular formula is C25H25NO5. The first-order chi connectivity index (χ1) is 14.8. The van der Waals surface area contributed by atoms with Crippen LogP contribution in [-0.4, -0.2) is 23.8 Å². The molecule has 2 N–H and O–H groups in total. The van der Waals surface area contributed by atoms with E-state index < -0.39 is 12.1 Å². The number of rotatable bonds is 5. The summed E-state index contributed by atoms with van der Waals surface area (Å²) in [5.41, 5.74) is 4.65. The van der Waals surface area contributed by atoms with Crippen molar-refractivity contribution >= 4 is 12.1 Å². The highest BCUT2D eigenvalue weighted by Gasteiger charge is 2.29. The van der Waals surface area contributed by atoms with Crippen molar-refractivity contribution in [2.24, 2.45) is 0 Å². The maximum Gasteiger partial charge on any atom is 0.407 e. The Hall–Kier alpha value is -3.54. The van der Waals surface area contributed by atoms with E-state index in [1.165, 1.54) is 0 Å². The summed E-state index contributed by atoms with van der Waals surface area (Å²) in [4.78, 5) is 23.9. The summed E-state index contributed by atoms with van der Waals surface area (Å²) in [5.74, 6) is -0.813. The SMILES string of the molecule is CC(C)(C)c1cc(CNC(=O)OCC2c3ccccc3-c3ccccc32)c(C(=O)O)o1. The molecule has 1 aliphatic rings. The number of hydrogen-bond donors (Lipinski definition) is 2. The Morgan fingerprint density at radius 1 is 1.03 bits per heavy atom. The van der Waals surface area contributed by atoms with Crippen molar-refractivity contribution in [3.63, 3.8) is 0 Å². The van der Waals surface area contributed by atoms with E-state index in [0.29, 0.717) is 11.3 Å². The van der Waals surface area contributed by atoms with Crippen LogP contribution in [0, 0.1) is 0 Å². The largest absolute Gasteiger partial charge is 0.475 e. The zero-order chi connectivity index (χ0) is 22.2. The van der Waals surface area contributed by atoms with Gasteiger partial charge in [-0.1, -0.05) is 69.3 Å². The van der Waals surface area contributed by atoms with Crippen LogP contribution in [0.15, 0.2) is 59.0 Å². The molecule has 0 saturated carbocycles. The third-order valence-electron chi connectivity index (χ3n) is 5.51. The maximum atomic E-state index is 12.4. The number of aromatic carboxylic acids is 1. The zero-order valence-corrected chi connectivity index (χ0v) is 17.8. The highest BCUT2D eigenvalue weighted by molar-refractivity contribution is 5.86. The van der Waals surface area contributed by atoms with Gasteiger partial charge < -0.3 is 19.6 Å². The van der Waals surface area contributed by atoms with Crippen molar-refractivity contribution in [2.45, 2.75) is 38.6 Å². The van der Waals surface area contributed by atoms with Gasteiger partial charge in [0.15, 0.2) is 0 Å². The van der Waals surface area contributed by atoms with Crippen LogP contribution in [-0.2, 0) is 16.7 Å². The fourth-order valence-corrected chi connectivity index (χ4v) is 3.93. The lowest BCUT2D eigenvalue weighted by molar-refractivity contribution is 0.0656. The molecule has 1 aromatic heterocycles. The minimum atomic E-state index is -1.17. The molecule has 0 bridgehead atoms. The fraction of sp³-hybridized carbons (Fsp3) is 0.280. The summed E-state index contributed by atoms with van der Waals surface area (Å²) >= 11 is 0. The predicted molar refractivity (Wildman–Crippen MR) is 116 cm³/mol. The number of carboxylic acids is 1. The van der Waals surface area contributed by atoms with Gasteiger partial charge in [0.2, 0.25) is 5.76 Å². The Morgan fingerprint density at radius 3 is 2.16 bits per heavy atom. The van der Waals surface area contributed by atoms with Crippen LogP contribution >= 0.6 is 0 Å². The molecular weight excluding hydrogens is 394 g/mol. The van der Waals surface area contributed by atoms with Gasteiger partial charge in [0.1, 0.15) is 12.4 Å². The van der Waals surface area contributed by atoms with Crippen LogP contribution in [0.4, 0.5) is 4.79 Å². The van der Waals surface area contributed by atoms with Gasteiger partial charge in [-0.3, -0.25) is 0 Å². The van der Waals surface area contributed by atoms with Crippen molar-refractivity contribution in [1.82, 2.24) is 5.32 Å². The minimum Gasteiger partial charge on any atom is -0.475 e. The van der Waals surface area contributed by atoms with E-state index in [-0.39, 0.29) is 30.2 Å². The first-order valence-electron chi connectivity index (χ1n) is 10.2. The molecule has 0 saturated heterocycles. The van der Waals surface area contributed by atoms with Gasteiger partial charge in [0, 0.05) is 16.9 Å². The van der Waals surface area contributed by atoms with Gasteiger partial charge in [-0.25, -0.2) is 9.59 Å². The molecule has 4 rings (SSSR count). The van der Waals surface area contributed by atoms with Crippen LogP contribution in [0.1, 0.15) is 59.7 Å². The Labute approximate surface area is 180 Å². The average Bonchev–Trinajstić information content (AvgIpc) is 3.31. The molecule has 1 aliphatic carbocycles. The smallest absolute Gasteiger partial charge is 0.407 e. The van der Waals surface area contributed by atoms with Crippen molar-refractivity contribution in [2.75, 3.05) is 6.61 Å². The van der Waals surface area contributed by atoms with E-state index >= 15 is 0 Å². The molecule has 31 heavy (non-hydrogen) atoms. The van der Waals surface area contributed by atoms with Crippen LogP contribution in [0.25, 0.3) is 11.1 Å². The molecule has 1 amide bonds. The van der Waals surface area contributed by atoms with E-state index in [9.17, 15) is 14.7 Å². The number of furan rings is 1. The summed E-state index contributed by atoms with van der Waals surface area (Å²) in [7, 11) is 0. The number of nitrogens with one attached hydrogen (secondary N) is 1. The number of ether oxygens (including phenoxy) is 1. The van der Waals surface area contributed by atoms with E-state index in [0.717, 1.165) is 22.3 Å². The zero-order valence-electron chi connectivity index (χ0n) is 17.8. The van der Waals surface area contributed by atoms with Crippen molar-refractivity contribution < 1.29 is 23.8 Å². The lowest BCUT2D eigenvalue weighted by Gasteiger charge is -2.14. The third-order valence-corrected chi connectivity index (χ3v) is 5.51. The number of hydrogen-bond acceptors (Lipinski definition) is 4. The van der Waals surface area contributed by atoms with Crippen molar-refractivity contribution in [3.8, 4) is 11.1 Å². The first-order valence-corrected chi connectivity index (χ1v) is 10.2. The van der Waals surface area contributed by atoms with E-state index in [1.807, 2.05) is 45.0 Å². The van der Waals surface area contributed by atoms with Crippen molar-refractivity contribution in [3.05, 3.63) is 82.8 Å². The van der Waals surface area contributed by atoms with Gasteiger partial charge in [-0.15, -0.1) is 0 Å². The highest BCUT2D eigenvalue weighted by atomic mass is 16.5. The topological polar surface area (TPSA) is 88.8 Å². The van der Waals surface area contributed by atoms with Gasteiger partial charge in [-0.2, -0.15) is 0 Å². The molecule has 160 valence electrons. The normalized spacial score (nSPS) is 12.9. The molecule has 0 fully saturated rings. The quantitative estimate of drug-likeness (QED) is 0.585. The molecule has 0 radical (unpaired) electrons. The first kappa shape index (κ1) is 20.7. The second-order valence-corrected chi connectivity index (χ2v) is 8.70. The molecule has 0 spiro atoms. The Bertz CT molecular complexity index is 1090. The van der Waals surface area contributed by atoms with Crippen LogP contribution in [0.5, 0.6) is 0 Å². The summed E-state index contributed by atoms with van der Waals surface area (Å²) in [6, 6.07) is 17.9. The van der Waals surface area contributed by atoms with E-state index in [4.69, 9.17) is 9.15 Å². The van der Waals surface area contributed by atoms with E-state index in [1.54, 1.807) is 6.07 Å². The number of carbonyl (C=O) groups excluding carboxylic acids is 1. The third kappa shape index (κ3) is 4.06. The van der Waals surface area contributed by atoms with Gasteiger partial charge in [-0.05, 0) is 28.3 Å². The van der Waals surface area contributed by atoms with Crippen LogP contribution < -0.4 is 5.32 Å². The monoisotopic (exact) mass is 419 g/mol.